The molecule has 0 aliphatic carbocycles. The second-order valence-corrected chi connectivity index (χ2v) is 6.76. The van der Waals surface area contributed by atoms with Crippen molar-refractivity contribution in [3.8, 4) is 0 Å². The van der Waals surface area contributed by atoms with E-state index in [0.29, 0.717) is 21.9 Å². The summed E-state index contributed by atoms with van der Waals surface area (Å²) in [6.45, 7) is 6.52. The van der Waals surface area contributed by atoms with Crippen LogP contribution in [0.5, 0.6) is 0 Å². The van der Waals surface area contributed by atoms with Crippen molar-refractivity contribution in [1.82, 2.24) is 0 Å². The first-order chi connectivity index (χ1) is 11.6. The molecule has 6 heteroatoms. The number of furan rings is 1. The number of nitrogens with zero attached hydrogens (tertiary/aromatic N) is 1. The summed E-state index contributed by atoms with van der Waals surface area (Å²) in [4.78, 5) is 14.7. The lowest BCUT2D eigenvalue weighted by atomic mass is 9.99. The second kappa shape index (κ2) is 7.15. The Labute approximate surface area is 150 Å². The van der Waals surface area contributed by atoms with Crippen molar-refractivity contribution in [2.75, 3.05) is 31.8 Å². The maximum Gasteiger partial charge on any atom is 0.338 e. The van der Waals surface area contributed by atoms with Crippen LogP contribution in [0.15, 0.2) is 21.2 Å². The van der Waals surface area contributed by atoms with Crippen LogP contribution in [0.4, 0.5) is 5.69 Å². The molecule has 3 rings (SSSR count). The van der Waals surface area contributed by atoms with Gasteiger partial charge in [-0.25, -0.2) is 4.79 Å². The molecule has 5 nitrogen and oxygen atoms in total. The Kier molecular flexibility index (Phi) is 5.15. The highest BCUT2D eigenvalue weighted by molar-refractivity contribution is 9.10. The monoisotopic (exact) mass is 395 g/mol. The van der Waals surface area contributed by atoms with Gasteiger partial charge in [0.25, 0.3) is 0 Å². The molecule has 0 amide bonds. The van der Waals surface area contributed by atoms with Crippen LogP contribution in [-0.2, 0) is 9.47 Å². The minimum absolute atomic E-state index is 0.337. The van der Waals surface area contributed by atoms with E-state index in [0.717, 1.165) is 49.2 Å². The third-order valence-electron chi connectivity index (χ3n) is 4.70. The van der Waals surface area contributed by atoms with E-state index in [-0.39, 0.29) is 5.97 Å². The Bertz CT molecular complexity index is 749. The molecule has 1 saturated heterocycles. The molecular weight excluding hydrogens is 374 g/mol. The molecule has 1 aromatic carbocycles. The number of hydrogen-bond acceptors (Lipinski definition) is 5. The number of benzene rings is 1. The van der Waals surface area contributed by atoms with Gasteiger partial charge in [-0.2, -0.15) is 0 Å². The number of hydrogen-bond donors (Lipinski definition) is 0. The van der Waals surface area contributed by atoms with Crippen molar-refractivity contribution in [2.45, 2.75) is 32.7 Å². The Morgan fingerprint density at radius 1 is 1.38 bits per heavy atom. The fourth-order valence-electron chi connectivity index (χ4n) is 3.52. The lowest BCUT2D eigenvalue weighted by molar-refractivity contribution is 0.0602. The van der Waals surface area contributed by atoms with Gasteiger partial charge in [0.1, 0.15) is 5.58 Å². The van der Waals surface area contributed by atoms with Crippen LogP contribution in [0.3, 0.4) is 0 Å². The van der Waals surface area contributed by atoms with Gasteiger partial charge in [0.15, 0.2) is 4.67 Å². The minimum Gasteiger partial charge on any atom is -0.465 e. The van der Waals surface area contributed by atoms with E-state index in [2.05, 4.69) is 27.8 Å². The van der Waals surface area contributed by atoms with Crippen molar-refractivity contribution in [3.05, 3.63) is 27.9 Å². The molecule has 0 N–H and O–H groups in total. The standard InChI is InChI=1S/C18H22BrNO4/c1-4-20(12-5-7-23-8-6-12)14-10-15-13(9-16(19)24-15)17(11(14)2)18(21)22-3/h9-10,12H,4-8H2,1-3H3. The number of anilines is 1. The molecule has 0 spiro atoms. The predicted octanol–water partition coefficient (Wildman–Crippen LogP) is 4.30. The van der Waals surface area contributed by atoms with Crippen molar-refractivity contribution >= 4 is 38.6 Å². The number of carbonyl (C=O) groups is 1. The largest absolute Gasteiger partial charge is 0.465 e. The molecule has 0 bridgehead atoms. The topological polar surface area (TPSA) is 51.9 Å². The summed E-state index contributed by atoms with van der Waals surface area (Å²) in [7, 11) is 1.41. The summed E-state index contributed by atoms with van der Waals surface area (Å²) in [5.41, 5.74) is 3.22. The zero-order chi connectivity index (χ0) is 17.3. The van der Waals surface area contributed by atoms with E-state index in [1.807, 2.05) is 19.1 Å². The molecule has 1 aromatic heterocycles. The van der Waals surface area contributed by atoms with Crippen LogP contribution >= 0.6 is 15.9 Å². The lowest BCUT2D eigenvalue weighted by Gasteiger charge is -2.36. The quantitative estimate of drug-likeness (QED) is 0.722. The maximum absolute atomic E-state index is 12.4. The molecule has 0 atom stereocenters. The number of halogens is 1. The SMILES string of the molecule is CCN(c1cc2oc(Br)cc2c(C(=O)OC)c1C)C1CCOCC1. The molecule has 1 aliphatic rings. The van der Waals surface area contributed by atoms with E-state index in [1.165, 1.54) is 7.11 Å². The summed E-state index contributed by atoms with van der Waals surface area (Å²) in [5.74, 6) is -0.337. The van der Waals surface area contributed by atoms with E-state index >= 15 is 0 Å². The molecular formula is C18H22BrNO4. The molecule has 0 unspecified atom stereocenters. The van der Waals surface area contributed by atoms with Crippen molar-refractivity contribution < 1.29 is 18.7 Å². The Balaban J connectivity index is 2.15. The van der Waals surface area contributed by atoms with Gasteiger partial charge in [0.2, 0.25) is 0 Å². The molecule has 0 saturated carbocycles. The average Bonchev–Trinajstić information content (AvgIpc) is 2.96. The fourth-order valence-corrected chi connectivity index (χ4v) is 3.93. The average molecular weight is 396 g/mol. The minimum atomic E-state index is -0.337. The van der Waals surface area contributed by atoms with Gasteiger partial charge in [-0.3, -0.25) is 0 Å². The summed E-state index contributed by atoms with van der Waals surface area (Å²) >= 11 is 3.36. The lowest BCUT2D eigenvalue weighted by Crippen LogP contribution is -2.40. The molecule has 130 valence electrons. The molecule has 1 aliphatic heterocycles. The number of fused-ring (bicyclic) bond motifs is 1. The highest BCUT2D eigenvalue weighted by atomic mass is 79.9. The maximum atomic E-state index is 12.4. The Morgan fingerprint density at radius 2 is 2.08 bits per heavy atom. The first kappa shape index (κ1) is 17.3. The van der Waals surface area contributed by atoms with Gasteiger partial charge in [-0.1, -0.05) is 0 Å². The van der Waals surface area contributed by atoms with E-state index in [9.17, 15) is 4.79 Å². The first-order valence-electron chi connectivity index (χ1n) is 8.22. The van der Waals surface area contributed by atoms with Crippen LogP contribution in [-0.4, -0.2) is 38.9 Å². The number of methoxy groups -OCH3 is 1. The second-order valence-electron chi connectivity index (χ2n) is 5.98. The smallest absolute Gasteiger partial charge is 0.338 e. The highest BCUT2D eigenvalue weighted by Gasteiger charge is 2.26. The summed E-state index contributed by atoms with van der Waals surface area (Å²) in [6, 6.07) is 4.26. The van der Waals surface area contributed by atoms with Crippen LogP contribution < -0.4 is 4.90 Å². The molecule has 0 radical (unpaired) electrons. The van der Waals surface area contributed by atoms with Gasteiger partial charge < -0.3 is 18.8 Å². The van der Waals surface area contributed by atoms with Crippen molar-refractivity contribution in [2.24, 2.45) is 0 Å². The van der Waals surface area contributed by atoms with E-state index in [4.69, 9.17) is 13.9 Å². The van der Waals surface area contributed by atoms with Crippen LogP contribution in [0.2, 0.25) is 0 Å². The number of esters is 1. The van der Waals surface area contributed by atoms with Gasteiger partial charge in [-0.05, 0) is 54.2 Å². The van der Waals surface area contributed by atoms with E-state index in [1.54, 1.807) is 0 Å². The molecule has 1 fully saturated rings. The third kappa shape index (κ3) is 3.05. The van der Waals surface area contributed by atoms with Crippen molar-refractivity contribution in [3.63, 3.8) is 0 Å². The van der Waals surface area contributed by atoms with Gasteiger partial charge >= 0.3 is 5.97 Å². The zero-order valence-corrected chi connectivity index (χ0v) is 15.8. The van der Waals surface area contributed by atoms with Gasteiger partial charge in [0.05, 0.1) is 12.7 Å². The van der Waals surface area contributed by atoms with Crippen LogP contribution in [0, 0.1) is 6.92 Å². The Hall–Kier alpha value is -1.53. The molecule has 2 heterocycles. The normalized spacial score (nSPS) is 15.7. The summed E-state index contributed by atoms with van der Waals surface area (Å²) in [6.07, 6.45) is 1.97. The predicted molar refractivity (Wildman–Crippen MR) is 96.9 cm³/mol. The number of ether oxygens (including phenoxy) is 2. The van der Waals surface area contributed by atoms with Crippen LogP contribution in [0.25, 0.3) is 11.0 Å². The summed E-state index contributed by atoms with van der Waals surface area (Å²) < 4.78 is 16.8. The number of rotatable bonds is 4. The molecule has 24 heavy (non-hydrogen) atoms. The summed E-state index contributed by atoms with van der Waals surface area (Å²) in [5, 5.41) is 0.776. The van der Waals surface area contributed by atoms with Crippen molar-refractivity contribution in [1.29, 1.82) is 0 Å². The third-order valence-corrected chi connectivity index (χ3v) is 5.09. The fraction of sp³-hybridized carbons (Fsp3) is 0.500. The van der Waals surface area contributed by atoms with E-state index < -0.39 is 0 Å². The van der Waals surface area contributed by atoms with Gasteiger partial charge in [0, 0.05) is 42.9 Å². The van der Waals surface area contributed by atoms with Crippen LogP contribution in [0.1, 0.15) is 35.7 Å². The first-order valence-corrected chi connectivity index (χ1v) is 9.01. The Morgan fingerprint density at radius 3 is 2.71 bits per heavy atom. The molecule has 2 aromatic rings. The number of carbonyl (C=O) groups excluding carboxylic acids is 1. The highest BCUT2D eigenvalue weighted by Crippen LogP contribution is 2.36. The van der Waals surface area contributed by atoms with Gasteiger partial charge in [-0.15, -0.1) is 0 Å². The zero-order valence-electron chi connectivity index (χ0n) is 14.2.